The molecule has 0 N–H and O–H groups in total. The molecule has 0 amide bonds. The number of ether oxygens (including phenoxy) is 2. The molecule has 0 heterocycles. The van der Waals surface area contributed by atoms with Crippen LogP contribution in [0.5, 0.6) is 5.75 Å². The molecule has 0 saturated heterocycles. The van der Waals surface area contributed by atoms with E-state index in [-0.39, 0.29) is 17.9 Å². The number of benzene rings is 2. The van der Waals surface area contributed by atoms with E-state index in [9.17, 15) is 18.0 Å². The van der Waals surface area contributed by atoms with Gasteiger partial charge in [-0.15, -0.1) is 13.2 Å². The van der Waals surface area contributed by atoms with Crippen LogP contribution in [0.2, 0.25) is 0 Å². The van der Waals surface area contributed by atoms with Gasteiger partial charge in [0, 0.05) is 18.2 Å². The van der Waals surface area contributed by atoms with E-state index >= 15 is 0 Å². The number of aldehydes is 1. The predicted molar refractivity (Wildman–Crippen MR) is 74.7 cm³/mol. The Morgan fingerprint density at radius 2 is 1.82 bits per heavy atom. The number of rotatable bonds is 5. The third kappa shape index (κ3) is 4.08. The molecule has 2 rings (SSSR count). The van der Waals surface area contributed by atoms with Crippen molar-refractivity contribution in [1.82, 2.24) is 0 Å². The predicted octanol–water partition coefficient (Wildman–Crippen LogP) is 4.21. The zero-order valence-corrected chi connectivity index (χ0v) is 11.7. The summed E-state index contributed by atoms with van der Waals surface area (Å²) in [4.78, 5) is 10.8. The van der Waals surface area contributed by atoms with Crippen molar-refractivity contribution in [3.8, 4) is 16.9 Å². The lowest BCUT2D eigenvalue weighted by molar-refractivity contribution is -0.275. The van der Waals surface area contributed by atoms with E-state index in [4.69, 9.17) is 4.74 Å². The highest BCUT2D eigenvalue weighted by molar-refractivity contribution is 5.79. The topological polar surface area (TPSA) is 35.5 Å². The van der Waals surface area contributed by atoms with E-state index in [1.54, 1.807) is 30.3 Å². The smallest absolute Gasteiger partial charge is 0.405 e. The number of alkyl halides is 3. The van der Waals surface area contributed by atoms with Gasteiger partial charge < -0.3 is 9.47 Å². The fourth-order valence-electron chi connectivity index (χ4n) is 2.02. The molecular weight excluding hydrogens is 297 g/mol. The number of carbonyl (C=O) groups excluding carboxylic acids is 1. The Balaban J connectivity index is 2.44. The number of carbonyl (C=O) groups is 1. The molecule has 0 aromatic heterocycles. The maximum Gasteiger partial charge on any atom is 0.573 e. The summed E-state index contributed by atoms with van der Waals surface area (Å²) in [5.41, 5.74) is 1.87. The molecule has 2 aromatic rings. The van der Waals surface area contributed by atoms with E-state index in [0.717, 1.165) is 0 Å². The Kier molecular flexibility index (Phi) is 4.82. The van der Waals surface area contributed by atoms with Crippen molar-refractivity contribution in [3.05, 3.63) is 53.6 Å². The molecule has 0 fully saturated rings. The molecule has 0 atom stereocenters. The monoisotopic (exact) mass is 310 g/mol. The van der Waals surface area contributed by atoms with Crippen LogP contribution in [0.15, 0.2) is 42.5 Å². The lowest BCUT2D eigenvalue weighted by Crippen LogP contribution is -2.18. The van der Waals surface area contributed by atoms with Crippen molar-refractivity contribution >= 4 is 6.29 Å². The first-order chi connectivity index (χ1) is 10.4. The standard InChI is InChI=1S/C16H13F3O3/c1-21-10-14-6-5-13(8-15(14)22-16(17,18)19)12-4-2-3-11(7-12)9-20/h2-9H,10H2,1H3. The normalized spacial score (nSPS) is 11.3. The van der Waals surface area contributed by atoms with Gasteiger partial charge in [0.25, 0.3) is 0 Å². The third-order valence-corrected chi connectivity index (χ3v) is 2.95. The minimum atomic E-state index is -4.79. The molecule has 6 heteroatoms. The third-order valence-electron chi connectivity index (χ3n) is 2.95. The Bertz CT molecular complexity index is 666. The van der Waals surface area contributed by atoms with Gasteiger partial charge >= 0.3 is 6.36 Å². The average molecular weight is 310 g/mol. The molecule has 116 valence electrons. The van der Waals surface area contributed by atoms with Gasteiger partial charge in [0.15, 0.2) is 0 Å². The van der Waals surface area contributed by atoms with Crippen LogP contribution in [0.3, 0.4) is 0 Å². The van der Waals surface area contributed by atoms with E-state index in [1.807, 2.05) is 0 Å². The summed E-state index contributed by atoms with van der Waals surface area (Å²) in [5, 5.41) is 0. The lowest BCUT2D eigenvalue weighted by Gasteiger charge is -2.14. The van der Waals surface area contributed by atoms with Gasteiger partial charge in [0.2, 0.25) is 0 Å². The summed E-state index contributed by atoms with van der Waals surface area (Å²) < 4.78 is 46.4. The molecule has 0 unspecified atom stereocenters. The molecule has 0 saturated carbocycles. The summed E-state index contributed by atoms with van der Waals surface area (Å²) in [6.45, 7) is 0.0000702. The van der Waals surface area contributed by atoms with Gasteiger partial charge in [-0.3, -0.25) is 4.79 Å². The summed E-state index contributed by atoms with van der Waals surface area (Å²) in [5.74, 6) is -0.316. The average Bonchev–Trinajstić information content (AvgIpc) is 2.48. The number of methoxy groups -OCH3 is 1. The molecule has 0 spiro atoms. The second-order valence-electron chi connectivity index (χ2n) is 4.55. The highest BCUT2D eigenvalue weighted by Crippen LogP contribution is 2.32. The zero-order valence-electron chi connectivity index (χ0n) is 11.7. The summed E-state index contributed by atoms with van der Waals surface area (Å²) in [6, 6.07) is 11.0. The first-order valence-electron chi connectivity index (χ1n) is 6.36. The molecular formula is C16H13F3O3. The Labute approximate surface area is 125 Å². The fraction of sp³-hybridized carbons (Fsp3) is 0.188. The van der Waals surface area contributed by atoms with Crippen LogP contribution in [0.1, 0.15) is 15.9 Å². The Hall–Kier alpha value is -2.34. The highest BCUT2D eigenvalue weighted by Gasteiger charge is 2.32. The van der Waals surface area contributed by atoms with E-state index in [0.29, 0.717) is 23.0 Å². The first-order valence-corrected chi connectivity index (χ1v) is 6.36. The van der Waals surface area contributed by atoms with Crippen LogP contribution in [0.4, 0.5) is 13.2 Å². The minimum Gasteiger partial charge on any atom is -0.405 e. The van der Waals surface area contributed by atoms with Crippen molar-refractivity contribution < 1.29 is 27.4 Å². The number of hydrogen-bond donors (Lipinski definition) is 0. The molecule has 0 aliphatic heterocycles. The van der Waals surface area contributed by atoms with Crippen molar-refractivity contribution in [2.45, 2.75) is 13.0 Å². The van der Waals surface area contributed by atoms with Gasteiger partial charge in [-0.25, -0.2) is 0 Å². The van der Waals surface area contributed by atoms with Crippen LogP contribution in [0.25, 0.3) is 11.1 Å². The number of halogens is 3. The number of hydrogen-bond acceptors (Lipinski definition) is 3. The van der Waals surface area contributed by atoms with Crippen molar-refractivity contribution in [2.24, 2.45) is 0 Å². The van der Waals surface area contributed by atoms with Gasteiger partial charge in [-0.2, -0.15) is 0 Å². The van der Waals surface area contributed by atoms with Gasteiger partial charge in [0.1, 0.15) is 12.0 Å². The Morgan fingerprint density at radius 1 is 1.09 bits per heavy atom. The zero-order chi connectivity index (χ0) is 16.2. The molecule has 3 nitrogen and oxygen atoms in total. The largest absolute Gasteiger partial charge is 0.573 e. The second kappa shape index (κ2) is 6.62. The quantitative estimate of drug-likeness (QED) is 0.776. The van der Waals surface area contributed by atoms with Crippen LogP contribution in [0, 0.1) is 0 Å². The molecule has 2 aromatic carbocycles. The SMILES string of the molecule is COCc1ccc(-c2cccc(C=O)c2)cc1OC(F)(F)F. The van der Waals surface area contributed by atoms with Gasteiger partial charge in [0.05, 0.1) is 6.61 Å². The fourth-order valence-corrected chi connectivity index (χ4v) is 2.02. The van der Waals surface area contributed by atoms with Crippen LogP contribution < -0.4 is 4.74 Å². The first kappa shape index (κ1) is 16.0. The summed E-state index contributed by atoms with van der Waals surface area (Å²) >= 11 is 0. The summed E-state index contributed by atoms with van der Waals surface area (Å²) in [6.07, 6.45) is -4.11. The van der Waals surface area contributed by atoms with Gasteiger partial charge in [-0.05, 0) is 23.3 Å². The van der Waals surface area contributed by atoms with Crippen molar-refractivity contribution in [1.29, 1.82) is 0 Å². The van der Waals surface area contributed by atoms with Crippen molar-refractivity contribution in [2.75, 3.05) is 7.11 Å². The molecule has 0 aliphatic rings. The molecule has 22 heavy (non-hydrogen) atoms. The van der Waals surface area contributed by atoms with Gasteiger partial charge in [-0.1, -0.05) is 30.3 Å². The maximum absolute atomic E-state index is 12.5. The lowest BCUT2D eigenvalue weighted by atomic mass is 10.0. The summed E-state index contributed by atoms with van der Waals surface area (Å²) in [7, 11) is 1.39. The van der Waals surface area contributed by atoms with Crippen LogP contribution in [-0.4, -0.2) is 19.8 Å². The molecule has 0 aliphatic carbocycles. The minimum absolute atomic E-state index is 0.0000702. The van der Waals surface area contributed by atoms with E-state index in [1.165, 1.54) is 19.2 Å². The molecule has 0 bridgehead atoms. The van der Waals surface area contributed by atoms with E-state index in [2.05, 4.69) is 4.74 Å². The van der Waals surface area contributed by atoms with E-state index < -0.39 is 6.36 Å². The van der Waals surface area contributed by atoms with Crippen molar-refractivity contribution in [3.63, 3.8) is 0 Å². The molecule has 0 radical (unpaired) electrons. The second-order valence-corrected chi connectivity index (χ2v) is 4.55. The van der Waals surface area contributed by atoms with Crippen LogP contribution in [-0.2, 0) is 11.3 Å². The highest BCUT2D eigenvalue weighted by atomic mass is 19.4. The maximum atomic E-state index is 12.5. The van der Waals surface area contributed by atoms with Crippen LogP contribution >= 0.6 is 0 Å². The Morgan fingerprint density at radius 3 is 2.45 bits per heavy atom.